The fourth-order valence-electron chi connectivity index (χ4n) is 3.56. The summed E-state index contributed by atoms with van der Waals surface area (Å²) in [6.07, 6.45) is 1.92. The van der Waals surface area contributed by atoms with Crippen molar-refractivity contribution in [2.75, 3.05) is 25.4 Å². The van der Waals surface area contributed by atoms with Gasteiger partial charge < -0.3 is 21.3 Å². The van der Waals surface area contributed by atoms with Crippen molar-refractivity contribution in [2.24, 2.45) is 16.9 Å². The summed E-state index contributed by atoms with van der Waals surface area (Å²) in [6, 6.07) is -0.820. The average molecular weight is 356 g/mol. The molecule has 4 amide bonds. The highest BCUT2D eigenvalue weighted by Crippen LogP contribution is 2.42. The van der Waals surface area contributed by atoms with Gasteiger partial charge in [0.1, 0.15) is 6.04 Å². The Balaban J connectivity index is 2.02. The monoisotopic (exact) mass is 356 g/mol. The van der Waals surface area contributed by atoms with E-state index in [2.05, 4.69) is 12.6 Å². The molecule has 1 spiro atoms. The molecule has 2 aliphatic rings. The van der Waals surface area contributed by atoms with Crippen molar-refractivity contribution in [3.63, 3.8) is 0 Å². The van der Waals surface area contributed by atoms with E-state index in [4.69, 9.17) is 11.5 Å². The van der Waals surface area contributed by atoms with Crippen molar-refractivity contribution >= 4 is 36.3 Å². The minimum atomic E-state index is -0.820. The van der Waals surface area contributed by atoms with E-state index >= 15 is 0 Å². The maximum Gasteiger partial charge on any atom is 0.240 e. The van der Waals surface area contributed by atoms with Gasteiger partial charge in [0.25, 0.3) is 0 Å². The van der Waals surface area contributed by atoms with Crippen LogP contribution >= 0.6 is 12.6 Å². The van der Waals surface area contributed by atoms with Crippen molar-refractivity contribution in [3.8, 4) is 0 Å². The van der Waals surface area contributed by atoms with E-state index in [1.807, 2.05) is 0 Å². The molecule has 0 saturated carbocycles. The number of hydrogen-bond acceptors (Lipinski definition) is 5. The van der Waals surface area contributed by atoms with Gasteiger partial charge in [-0.25, -0.2) is 0 Å². The van der Waals surface area contributed by atoms with Gasteiger partial charge in [-0.15, -0.1) is 0 Å². The van der Waals surface area contributed by atoms with Crippen LogP contribution < -0.4 is 11.5 Å². The van der Waals surface area contributed by atoms with E-state index in [9.17, 15) is 19.2 Å². The molecular formula is C15H24N4O4S. The molecule has 0 bridgehead atoms. The zero-order valence-corrected chi connectivity index (χ0v) is 14.5. The molecule has 9 heteroatoms. The second-order valence-corrected chi connectivity index (χ2v) is 6.98. The predicted octanol–water partition coefficient (Wildman–Crippen LogP) is -1.12. The lowest BCUT2D eigenvalue weighted by atomic mass is 9.71. The van der Waals surface area contributed by atoms with Crippen molar-refractivity contribution in [2.45, 2.75) is 38.1 Å². The van der Waals surface area contributed by atoms with E-state index < -0.39 is 23.3 Å². The molecule has 24 heavy (non-hydrogen) atoms. The van der Waals surface area contributed by atoms with Crippen LogP contribution in [-0.2, 0) is 19.2 Å². The Morgan fingerprint density at radius 1 is 1.21 bits per heavy atom. The maximum absolute atomic E-state index is 12.7. The second kappa shape index (κ2) is 7.42. The number of thiol groups is 1. The predicted molar refractivity (Wildman–Crippen MR) is 89.8 cm³/mol. The van der Waals surface area contributed by atoms with Crippen LogP contribution in [0.3, 0.4) is 0 Å². The first kappa shape index (κ1) is 18.6. The van der Waals surface area contributed by atoms with E-state index in [0.29, 0.717) is 38.2 Å². The molecule has 2 heterocycles. The Morgan fingerprint density at radius 2 is 1.92 bits per heavy atom. The highest BCUT2D eigenvalue weighted by molar-refractivity contribution is 7.80. The highest BCUT2D eigenvalue weighted by atomic mass is 32.1. The van der Waals surface area contributed by atoms with Gasteiger partial charge in [0.05, 0.1) is 5.41 Å². The number of carbonyl (C=O) groups is 4. The lowest BCUT2D eigenvalue weighted by Crippen LogP contribution is -2.71. The summed E-state index contributed by atoms with van der Waals surface area (Å²) < 4.78 is 0. The zero-order chi connectivity index (χ0) is 17.9. The first-order valence-electron chi connectivity index (χ1n) is 8.08. The fourth-order valence-corrected chi connectivity index (χ4v) is 3.75. The summed E-state index contributed by atoms with van der Waals surface area (Å²) in [5.41, 5.74) is 9.86. The Kier molecular flexibility index (Phi) is 5.74. The molecule has 2 aliphatic heterocycles. The Labute approximate surface area is 146 Å². The van der Waals surface area contributed by atoms with Crippen molar-refractivity contribution in [1.82, 2.24) is 9.80 Å². The Morgan fingerprint density at radius 3 is 2.46 bits per heavy atom. The van der Waals surface area contributed by atoms with Gasteiger partial charge in [0.2, 0.25) is 23.6 Å². The topological polar surface area (TPSA) is 127 Å². The number of likely N-dealkylation sites (tertiary alicyclic amines) is 2. The smallest absolute Gasteiger partial charge is 0.240 e. The fraction of sp³-hybridized carbons (Fsp3) is 0.733. The van der Waals surface area contributed by atoms with Gasteiger partial charge in [-0.05, 0) is 25.0 Å². The molecule has 2 atom stereocenters. The van der Waals surface area contributed by atoms with Crippen LogP contribution in [-0.4, -0.2) is 64.9 Å². The SMILES string of the molecule is NC(=O)CCC(C(N)=O)N1CC2(CCCN(C(=O)CCS)C2)C1=O. The lowest BCUT2D eigenvalue weighted by molar-refractivity contribution is -0.174. The van der Waals surface area contributed by atoms with Crippen LogP contribution in [0.1, 0.15) is 32.1 Å². The van der Waals surface area contributed by atoms with Crippen molar-refractivity contribution in [1.29, 1.82) is 0 Å². The molecule has 0 aliphatic carbocycles. The van der Waals surface area contributed by atoms with E-state index in [1.54, 1.807) is 4.90 Å². The van der Waals surface area contributed by atoms with Gasteiger partial charge in [0, 0.05) is 32.5 Å². The molecule has 2 fully saturated rings. The lowest BCUT2D eigenvalue weighted by Gasteiger charge is -2.54. The number of amides is 4. The number of nitrogens with zero attached hydrogens (tertiary/aromatic N) is 2. The quantitative estimate of drug-likeness (QED) is 0.394. The molecule has 2 rings (SSSR count). The number of primary amides is 2. The normalized spacial score (nSPS) is 24.6. The second-order valence-electron chi connectivity index (χ2n) is 6.53. The van der Waals surface area contributed by atoms with E-state index in [-0.39, 0.29) is 24.7 Å². The first-order valence-corrected chi connectivity index (χ1v) is 8.71. The largest absolute Gasteiger partial charge is 0.370 e. The standard InChI is InChI=1S/C15H24N4O4S/c16-11(20)3-2-10(13(17)22)19-9-15(14(19)23)5-1-6-18(8-15)12(21)4-7-24/h10,24H,1-9H2,(H2,16,20)(H2,17,22). The molecule has 4 N–H and O–H groups in total. The molecule has 2 saturated heterocycles. The average Bonchev–Trinajstić information content (AvgIpc) is 2.53. The minimum absolute atomic E-state index is 0.00303. The van der Waals surface area contributed by atoms with E-state index in [1.165, 1.54) is 4.90 Å². The zero-order valence-electron chi connectivity index (χ0n) is 13.6. The minimum Gasteiger partial charge on any atom is -0.370 e. The van der Waals surface area contributed by atoms with Gasteiger partial charge in [-0.2, -0.15) is 12.6 Å². The van der Waals surface area contributed by atoms with Crippen LogP contribution in [0, 0.1) is 5.41 Å². The summed E-state index contributed by atoms with van der Waals surface area (Å²) in [6.45, 7) is 1.39. The number of hydrogen-bond donors (Lipinski definition) is 3. The Hall–Kier alpha value is -1.77. The summed E-state index contributed by atoms with van der Waals surface area (Å²) in [4.78, 5) is 50.4. The summed E-state index contributed by atoms with van der Waals surface area (Å²) >= 11 is 4.07. The number of nitrogens with two attached hydrogens (primary N) is 2. The summed E-state index contributed by atoms with van der Waals surface area (Å²) in [5, 5.41) is 0. The van der Waals surface area contributed by atoms with Crippen LogP contribution in [0.25, 0.3) is 0 Å². The first-order chi connectivity index (χ1) is 11.3. The number of piperidine rings is 1. The molecule has 0 aromatic heterocycles. The van der Waals surface area contributed by atoms with Gasteiger partial charge in [-0.3, -0.25) is 19.2 Å². The van der Waals surface area contributed by atoms with Gasteiger partial charge >= 0.3 is 0 Å². The summed E-state index contributed by atoms with van der Waals surface area (Å²) in [5.74, 6) is -0.878. The van der Waals surface area contributed by atoms with Gasteiger partial charge in [-0.1, -0.05) is 0 Å². The van der Waals surface area contributed by atoms with Crippen LogP contribution in [0.2, 0.25) is 0 Å². The summed E-state index contributed by atoms with van der Waals surface area (Å²) in [7, 11) is 0. The third-order valence-corrected chi connectivity index (χ3v) is 5.04. The van der Waals surface area contributed by atoms with Crippen molar-refractivity contribution < 1.29 is 19.2 Å². The van der Waals surface area contributed by atoms with E-state index in [0.717, 1.165) is 6.42 Å². The Bertz CT molecular complexity index is 556. The molecule has 2 unspecified atom stereocenters. The molecule has 0 radical (unpaired) electrons. The molecule has 8 nitrogen and oxygen atoms in total. The van der Waals surface area contributed by atoms with Crippen LogP contribution in [0.15, 0.2) is 0 Å². The third-order valence-electron chi connectivity index (χ3n) is 4.81. The molecule has 0 aromatic rings. The van der Waals surface area contributed by atoms with Crippen LogP contribution in [0.4, 0.5) is 0 Å². The van der Waals surface area contributed by atoms with Crippen LogP contribution in [0.5, 0.6) is 0 Å². The third kappa shape index (κ3) is 3.66. The van der Waals surface area contributed by atoms with Crippen molar-refractivity contribution in [3.05, 3.63) is 0 Å². The highest BCUT2D eigenvalue weighted by Gasteiger charge is 2.56. The molecule has 0 aromatic carbocycles. The number of rotatable bonds is 7. The number of β-lactam (4-membered cyclic amide) rings is 1. The molecule has 134 valence electrons. The maximum atomic E-state index is 12.7. The van der Waals surface area contributed by atoms with Gasteiger partial charge in [0.15, 0.2) is 0 Å². The number of carbonyl (C=O) groups excluding carboxylic acids is 4. The molecular weight excluding hydrogens is 332 g/mol.